The molecule has 3 N–H and O–H groups in total. The van der Waals surface area contributed by atoms with E-state index in [1.54, 1.807) is 13.8 Å². The summed E-state index contributed by atoms with van der Waals surface area (Å²) in [6, 6.07) is 0. The van der Waals surface area contributed by atoms with Crippen LogP contribution in [0.5, 0.6) is 5.88 Å². The molecule has 4 rings (SSSR count). The van der Waals surface area contributed by atoms with Crippen molar-refractivity contribution >= 4 is 30.8 Å². The number of halogens is 1. The van der Waals surface area contributed by atoms with Crippen molar-refractivity contribution in [1.82, 2.24) is 24.6 Å². The zero-order valence-electron chi connectivity index (χ0n) is 19.5. The molecule has 13 nitrogen and oxygen atoms in total. The number of hydrogen-bond acceptors (Lipinski definition) is 11. The van der Waals surface area contributed by atoms with E-state index in [1.165, 1.54) is 31.7 Å². The number of nitrogens with one attached hydrogen (secondary N) is 1. The Kier molecular flexibility index (Phi) is 6.32. The number of hydrogen-bond donors (Lipinski definition) is 2. The van der Waals surface area contributed by atoms with E-state index in [0.717, 1.165) is 0 Å². The van der Waals surface area contributed by atoms with Gasteiger partial charge in [0.2, 0.25) is 11.8 Å². The molecule has 5 atom stereocenters. The largest absolute Gasteiger partial charge is 0.476 e. The quantitative estimate of drug-likeness (QED) is 0.418. The Balaban J connectivity index is 1.62. The van der Waals surface area contributed by atoms with E-state index in [-0.39, 0.29) is 36.2 Å². The SMILES string of the molecule is CCOC(=O)C(C)(C)NP1(=O)OC[C@H]2O[C@@H](n3cnc4c(OCC)nc(N)nc43)[C@](C)(F)[C@@H]2O1. The number of ether oxygens (including phenoxy) is 3. The summed E-state index contributed by atoms with van der Waals surface area (Å²) in [5.74, 6) is -0.576. The van der Waals surface area contributed by atoms with E-state index in [4.69, 9.17) is 29.0 Å². The van der Waals surface area contributed by atoms with Crippen LogP contribution in [-0.4, -0.2) is 68.7 Å². The van der Waals surface area contributed by atoms with Crippen LogP contribution >= 0.6 is 7.75 Å². The Morgan fingerprint density at radius 1 is 1.41 bits per heavy atom. The third-order valence-electron chi connectivity index (χ3n) is 5.48. The molecule has 15 heteroatoms. The fourth-order valence-corrected chi connectivity index (χ4v) is 5.87. The average molecular weight is 502 g/mol. The van der Waals surface area contributed by atoms with Crippen LogP contribution in [0, 0.1) is 0 Å². The highest BCUT2D eigenvalue weighted by atomic mass is 31.2. The Bertz CT molecular complexity index is 1140. The standard InChI is InChI=1S/C19H28FN6O7P/c1-6-29-14-11-13(23-17(21)24-14)26(9-22-11)15-19(5,20)12-10(32-15)8-31-34(28,33-12)25-18(3,4)16(27)30-7-2/h9-10,12,15H,6-8H2,1-5H3,(H,25,28)(H2,21,23,24)/t10-,12-,15-,19-,34?/m1/s1. The molecule has 0 bridgehead atoms. The van der Waals surface area contributed by atoms with Crippen molar-refractivity contribution < 1.29 is 37.0 Å². The number of fused-ring (bicyclic) bond motifs is 2. The molecule has 2 saturated heterocycles. The fraction of sp³-hybridized carbons (Fsp3) is 0.684. The van der Waals surface area contributed by atoms with Gasteiger partial charge in [0.25, 0.3) is 0 Å². The Morgan fingerprint density at radius 3 is 2.82 bits per heavy atom. The summed E-state index contributed by atoms with van der Waals surface area (Å²) in [6.45, 7) is 7.82. The van der Waals surface area contributed by atoms with Crippen LogP contribution in [0.1, 0.15) is 40.8 Å². The van der Waals surface area contributed by atoms with Gasteiger partial charge in [0.1, 0.15) is 17.7 Å². The minimum absolute atomic E-state index is 0.0804. The molecule has 2 fully saturated rings. The van der Waals surface area contributed by atoms with Crippen LogP contribution in [0.25, 0.3) is 11.2 Å². The van der Waals surface area contributed by atoms with Crippen LogP contribution in [0.2, 0.25) is 0 Å². The molecule has 0 spiro atoms. The van der Waals surface area contributed by atoms with Crippen LogP contribution < -0.4 is 15.6 Å². The van der Waals surface area contributed by atoms with Crippen LogP contribution in [0.15, 0.2) is 6.33 Å². The number of esters is 1. The zero-order valence-corrected chi connectivity index (χ0v) is 20.4. The molecule has 188 valence electrons. The Morgan fingerprint density at radius 2 is 2.15 bits per heavy atom. The van der Waals surface area contributed by atoms with Crippen molar-refractivity contribution in [1.29, 1.82) is 0 Å². The molecule has 0 saturated carbocycles. The molecule has 0 aliphatic carbocycles. The lowest BCUT2D eigenvalue weighted by Gasteiger charge is -2.37. The summed E-state index contributed by atoms with van der Waals surface area (Å²) in [5.41, 5.74) is 2.68. The summed E-state index contributed by atoms with van der Waals surface area (Å²) < 4.78 is 58.2. The highest BCUT2D eigenvalue weighted by Gasteiger charge is 2.62. The van der Waals surface area contributed by atoms with E-state index in [2.05, 4.69) is 20.0 Å². The smallest absolute Gasteiger partial charge is 0.407 e. The van der Waals surface area contributed by atoms with Gasteiger partial charge in [-0.05, 0) is 34.6 Å². The van der Waals surface area contributed by atoms with E-state index in [0.29, 0.717) is 6.61 Å². The fourth-order valence-electron chi connectivity index (χ4n) is 3.93. The second-order valence-corrected chi connectivity index (χ2v) is 10.3. The number of carbonyl (C=O) groups excluding carboxylic acids is 1. The predicted molar refractivity (Wildman–Crippen MR) is 117 cm³/mol. The number of nitrogens with zero attached hydrogens (tertiary/aromatic N) is 4. The zero-order chi connectivity index (χ0) is 24.9. The van der Waals surface area contributed by atoms with Gasteiger partial charge in [0.05, 0.1) is 26.1 Å². The number of imidazole rings is 1. The third kappa shape index (κ3) is 4.24. The first kappa shape index (κ1) is 24.7. The normalized spacial score (nSPS) is 31.4. The minimum atomic E-state index is -4.10. The third-order valence-corrected chi connectivity index (χ3v) is 7.31. The number of alkyl halides is 1. The van der Waals surface area contributed by atoms with Crippen molar-refractivity contribution in [3.8, 4) is 5.88 Å². The van der Waals surface area contributed by atoms with Crippen LogP contribution in [0.3, 0.4) is 0 Å². The van der Waals surface area contributed by atoms with Gasteiger partial charge in [-0.1, -0.05) is 0 Å². The summed E-state index contributed by atoms with van der Waals surface area (Å²) >= 11 is 0. The monoisotopic (exact) mass is 502 g/mol. The number of aromatic nitrogens is 4. The van der Waals surface area contributed by atoms with Gasteiger partial charge in [-0.25, -0.2) is 19.0 Å². The molecule has 0 aromatic carbocycles. The molecule has 2 aliphatic rings. The first-order chi connectivity index (χ1) is 15.9. The van der Waals surface area contributed by atoms with E-state index in [1.807, 2.05) is 0 Å². The molecule has 34 heavy (non-hydrogen) atoms. The maximum Gasteiger partial charge on any atom is 0.407 e. The van der Waals surface area contributed by atoms with Gasteiger partial charge in [-0.2, -0.15) is 9.97 Å². The first-order valence-corrected chi connectivity index (χ1v) is 12.3. The van der Waals surface area contributed by atoms with Crippen LogP contribution in [0.4, 0.5) is 10.3 Å². The van der Waals surface area contributed by atoms with E-state index in [9.17, 15) is 9.36 Å². The van der Waals surface area contributed by atoms with Crippen molar-refractivity contribution in [2.45, 2.75) is 64.3 Å². The number of nitrogens with two attached hydrogens (primary N) is 1. The second kappa shape index (κ2) is 8.68. The lowest BCUT2D eigenvalue weighted by Crippen LogP contribution is -2.51. The molecular formula is C19H28FN6O7P. The molecule has 4 heterocycles. The van der Waals surface area contributed by atoms with Crippen molar-refractivity contribution in [3.05, 3.63) is 6.33 Å². The maximum absolute atomic E-state index is 16.2. The molecule has 0 amide bonds. The van der Waals surface area contributed by atoms with Gasteiger partial charge in [-0.3, -0.25) is 18.4 Å². The number of anilines is 1. The molecule has 2 aromatic rings. The molecule has 1 unspecified atom stereocenters. The topological polar surface area (TPSA) is 162 Å². The molecule has 2 aromatic heterocycles. The highest BCUT2D eigenvalue weighted by molar-refractivity contribution is 7.51. The predicted octanol–water partition coefficient (Wildman–Crippen LogP) is 1.89. The van der Waals surface area contributed by atoms with Gasteiger partial charge in [0, 0.05) is 0 Å². The lowest BCUT2D eigenvalue weighted by atomic mass is 9.98. The summed E-state index contributed by atoms with van der Waals surface area (Å²) in [6.07, 6.45) is -2.10. The van der Waals surface area contributed by atoms with Gasteiger partial charge in [0.15, 0.2) is 23.1 Å². The Hall–Kier alpha value is -2.38. The number of rotatable bonds is 7. The Labute approximate surface area is 195 Å². The highest BCUT2D eigenvalue weighted by Crippen LogP contribution is 2.57. The van der Waals surface area contributed by atoms with Crippen LogP contribution in [-0.2, 0) is 27.9 Å². The molecule has 0 radical (unpaired) electrons. The van der Waals surface area contributed by atoms with Crippen molar-refractivity contribution in [2.24, 2.45) is 0 Å². The first-order valence-electron chi connectivity index (χ1n) is 10.8. The van der Waals surface area contributed by atoms with Gasteiger partial charge in [-0.15, -0.1) is 0 Å². The summed E-state index contributed by atoms with van der Waals surface area (Å²) in [5, 5.41) is 2.56. The molecular weight excluding hydrogens is 474 g/mol. The van der Waals surface area contributed by atoms with E-state index >= 15 is 4.39 Å². The molecule has 2 aliphatic heterocycles. The van der Waals surface area contributed by atoms with Crippen molar-refractivity contribution in [2.75, 3.05) is 25.6 Å². The number of carbonyl (C=O) groups is 1. The number of nitrogen functional groups attached to an aromatic ring is 1. The van der Waals surface area contributed by atoms with E-state index < -0.39 is 43.4 Å². The maximum atomic E-state index is 16.2. The van der Waals surface area contributed by atoms with Gasteiger partial charge >= 0.3 is 13.7 Å². The summed E-state index contributed by atoms with van der Waals surface area (Å²) in [7, 11) is -4.10. The minimum Gasteiger partial charge on any atom is -0.476 e. The second-order valence-electron chi connectivity index (χ2n) is 8.60. The summed E-state index contributed by atoms with van der Waals surface area (Å²) in [4.78, 5) is 24.6. The lowest BCUT2D eigenvalue weighted by molar-refractivity contribution is -0.149. The van der Waals surface area contributed by atoms with Gasteiger partial charge < -0.3 is 19.9 Å². The van der Waals surface area contributed by atoms with Crippen molar-refractivity contribution in [3.63, 3.8) is 0 Å². The average Bonchev–Trinajstić information content (AvgIpc) is 3.26.